The molecule has 1 N–H and O–H groups in total. The molecule has 0 radical (unpaired) electrons. The van der Waals surface area contributed by atoms with Crippen LogP contribution in [0.4, 0.5) is 5.69 Å². The highest BCUT2D eigenvalue weighted by molar-refractivity contribution is 7.92. The van der Waals surface area contributed by atoms with Crippen LogP contribution in [0.3, 0.4) is 0 Å². The van der Waals surface area contributed by atoms with Gasteiger partial charge in [0.05, 0.1) is 22.0 Å². The lowest BCUT2D eigenvalue weighted by Crippen LogP contribution is -2.53. The number of hydrogen-bond acceptors (Lipinski definition) is 4. The summed E-state index contributed by atoms with van der Waals surface area (Å²) in [6.07, 6.45) is 2.01. The molecule has 0 saturated carbocycles. The molecule has 0 fully saturated rings. The molecule has 0 aromatic heterocycles. The van der Waals surface area contributed by atoms with Gasteiger partial charge in [0.2, 0.25) is 21.8 Å². The van der Waals surface area contributed by atoms with Crippen LogP contribution in [0.1, 0.15) is 39.2 Å². The highest BCUT2D eigenvalue weighted by Crippen LogP contribution is 2.34. The molecule has 2 aromatic carbocycles. The van der Waals surface area contributed by atoms with Crippen molar-refractivity contribution < 1.29 is 18.0 Å². The van der Waals surface area contributed by atoms with Gasteiger partial charge in [-0.25, -0.2) is 8.42 Å². The summed E-state index contributed by atoms with van der Waals surface area (Å²) in [7, 11) is -3.93. The van der Waals surface area contributed by atoms with Gasteiger partial charge >= 0.3 is 0 Å². The zero-order valence-electron chi connectivity index (χ0n) is 20.1. The highest BCUT2D eigenvalue weighted by atomic mass is 35.5. The predicted octanol–water partition coefficient (Wildman–Crippen LogP) is 5.13. The molecule has 0 bridgehead atoms. The van der Waals surface area contributed by atoms with Crippen LogP contribution in [0.2, 0.25) is 15.1 Å². The Kier molecular flexibility index (Phi) is 10.7. The van der Waals surface area contributed by atoms with Gasteiger partial charge in [-0.1, -0.05) is 72.9 Å². The van der Waals surface area contributed by atoms with E-state index in [1.807, 2.05) is 13.8 Å². The van der Waals surface area contributed by atoms with Gasteiger partial charge in [-0.2, -0.15) is 0 Å². The number of halogens is 3. The van der Waals surface area contributed by atoms with Crippen LogP contribution < -0.4 is 9.62 Å². The number of nitrogens with one attached hydrogen (secondary N) is 1. The fraction of sp³-hybridized carbons (Fsp3) is 0.417. The van der Waals surface area contributed by atoms with Gasteiger partial charge in [0.15, 0.2) is 0 Å². The maximum absolute atomic E-state index is 13.7. The third kappa shape index (κ3) is 7.74. The number of benzene rings is 2. The molecule has 35 heavy (non-hydrogen) atoms. The van der Waals surface area contributed by atoms with Gasteiger partial charge in [-0.15, -0.1) is 0 Å². The Morgan fingerprint density at radius 2 is 1.60 bits per heavy atom. The van der Waals surface area contributed by atoms with Gasteiger partial charge < -0.3 is 10.2 Å². The number of anilines is 1. The lowest BCUT2D eigenvalue weighted by atomic mass is 10.1. The molecule has 2 rings (SSSR count). The van der Waals surface area contributed by atoms with Crippen LogP contribution in [0.5, 0.6) is 0 Å². The summed E-state index contributed by atoms with van der Waals surface area (Å²) in [6, 6.07) is 10.6. The summed E-state index contributed by atoms with van der Waals surface area (Å²) in [6.45, 7) is 5.05. The summed E-state index contributed by atoms with van der Waals surface area (Å²) in [5.74, 6) is -0.911. The Balaban J connectivity index is 2.50. The molecule has 0 unspecified atom stereocenters. The van der Waals surface area contributed by atoms with E-state index in [0.717, 1.165) is 17.0 Å². The number of carbonyl (C=O) groups excluding carboxylic acids is 2. The number of sulfonamides is 1. The molecule has 2 atom stereocenters. The summed E-state index contributed by atoms with van der Waals surface area (Å²) in [4.78, 5) is 28.1. The van der Waals surface area contributed by atoms with Crippen molar-refractivity contribution in [2.24, 2.45) is 0 Å². The third-order valence-corrected chi connectivity index (χ3v) is 7.87. The number of amides is 2. The normalized spacial score (nSPS) is 13.1. The van der Waals surface area contributed by atoms with E-state index < -0.39 is 28.5 Å². The molecule has 0 aliphatic heterocycles. The van der Waals surface area contributed by atoms with Gasteiger partial charge in [-0.05, 0) is 43.5 Å². The maximum atomic E-state index is 13.7. The standard InChI is InChI=1S/C24H30Cl3N3O4S/c1-5-16(3)28-24(32)20(6-2)29(14-17-10-7-8-11-18(17)25)22(31)15-30(35(4,33)34)21-13-9-12-19(26)23(21)27/h7-13,16,20H,5-6,14-15H2,1-4H3,(H,28,32)/t16-,20+/m1/s1. The number of hydrogen-bond donors (Lipinski definition) is 1. The van der Waals surface area contributed by atoms with Gasteiger partial charge in [0.25, 0.3) is 0 Å². The predicted molar refractivity (Wildman–Crippen MR) is 143 cm³/mol. The first-order chi connectivity index (χ1) is 16.4. The van der Waals surface area contributed by atoms with Gasteiger partial charge in [0.1, 0.15) is 12.6 Å². The number of carbonyl (C=O) groups is 2. The number of rotatable bonds is 11. The van der Waals surface area contributed by atoms with Crippen LogP contribution >= 0.6 is 34.8 Å². The molecule has 11 heteroatoms. The van der Waals surface area contributed by atoms with E-state index in [2.05, 4.69) is 5.32 Å². The Morgan fingerprint density at radius 3 is 2.17 bits per heavy atom. The molecule has 2 amide bonds. The van der Waals surface area contributed by atoms with E-state index in [4.69, 9.17) is 34.8 Å². The Morgan fingerprint density at radius 1 is 0.971 bits per heavy atom. The van der Waals surface area contributed by atoms with Crippen molar-refractivity contribution in [1.29, 1.82) is 0 Å². The molecule has 0 aliphatic rings. The SMILES string of the molecule is CC[C@@H](C)NC(=O)[C@H](CC)N(Cc1ccccc1Cl)C(=O)CN(c1cccc(Cl)c1Cl)S(C)(=O)=O. The van der Waals surface area contributed by atoms with Crippen molar-refractivity contribution in [2.45, 2.75) is 52.2 Å². The Hall–Kier alpha value is -2.00. The first kappa shape index (κ1) is 29.2. The van der Waals surface area contributed by atoms with Crippen molar-refractivity contribution in [1.82, 2.24) is 10.2 Å². The van der Waals surface area contributed by atoms with Crippen LogP contribution in [0.15, 0.2) is 42.5 Å². The van der Waals surface area contributed by atoms with Crippen LogP contribution in [-0.2, 0) is 26.2 Å². The quantitative estimate of drug-likeness (QED) is 0.411. The van der Waals surface area contributed by atoms with E-state index >= 15 is 0 Å². The van der Waals surface area contributed by atoms with E-state index in [9.17, 15) is 18.0 Å². The second kappa shape index (κ2) is 12.8. The minimum atomic E-state index is -3.93. The zero-order valence-corrected chi connectivity index (χ0v) is 23.2. The fourth-order valence-corrected chi connectivity index (χ4v) is 4.95. The van der Waals surface area contributed by atoms with Gasteiger partial charge in [0, 0.05) is 17.6 Å². The third-order valence-electron chi connectivity index (χ3n) is 5.56. The van der Waals surface area contributed by atoms with Crippen molar-refractivity contribution in [3.8, 4) is 0 Å². The average Bonchev–Trinajstić information content (AvgIpc) is 2.79. The lowest BCUT2D eigenvalue weighted by Gasteiger charge is -2.33. The minimum Gasteiger partial charge on any atom is -0.352 e. The molecule has 0 heterocycles. The smallest absolute Gasteiger partial charge is 0.244 e. The summed E-state index contributed by atoms with van der Waals surface area (Å²) in [5.41, 5.74) is 0.703. The summed E-state index contributed by atoms with van der Waals surface area (Å²) < 4.78 is 26.2. The fourth-order valence-electron chi connectivity index (χ4n) is 3.45. The van der Waals surface area contributed by atoms with E-state index in [0.29, 0.717) is 17.0 Å². The monoisotopic (exact) mass is 561 g/mol. The topological polar surface area (TPSA) is 86.8 Å². The van der Waals surface area contributed by atoms with Crippen molar-refractivity contribution in [3.63, 3.8) is 0 Å². The molecular formula is C24H30Cl3N3O4S. The molecule has 0 aliphatic carbocycles. The van der Waals surface area contributed by atoms with Crippen molar-refractivity contribution >= 4 is 62.3 Å². The molecule has 0 saturated heterocycles. The molecule has 2 aromatic rings. The second-order valence-electron chi connectivity index (χ2n) is 8.20. The average molecular weight is 563 g/mol. The van der Waals surface area contributed by atoms with E-state index in [-0.39, 0.29) is 34.2 Å². The van der Waals surface area contributed by atoms with E-state index in [1.165, 1.54) is 17.0 Å². The molecular weight excluding hydrogens is 533 g/mol. The summed E-state index contributed by atoms with van der Waals surface area (Å²) in [5, 5.41) is 3.50. The lowest BCUT2D eigenvalue weighted by molar-refractivity contribution is -0.140. The Labute approximate surface area is 222 Å². The largest absolute Gasteiger partial charge is 0.352 e. The molecule has 7 nitrogen and oxygen atoms in total. The highest BCUT2D eigenvalue weighted by Gasteiger charge is 2.33. The zero-order chi connectivity index (χ0) is 26.3. The second-order valence-corrected chi connectivity index (χ2v) is 11.3. The van der Waals surface area contributed by atoms with Crippen LogP contribution in [0, 0.1) is 0 Å². The first-order valence-electron chi connectivity index (χ1n) is 11.2. The first-order valence-corrected chi connectivity index (χ1v) is 14.1. The Bertz CT molecular complexity index is 1160. The maximum Gasteiger partial charge on any atom is 0.244 e. The van der Waals surface area contributed by atoms with Crippen LogP contribution in [0.25, 0.3) is 0 Å². The number of nitrogens with zero attached hydrogens (tertiary/aromatic N) is 2. The van der Waals surface area contributed by atoms with Crippen molar-refractivity contribution in [3.05, 3.63) is 63.1 Å². The molecule has 0 spiro atoms. The minimum absolute atomic E-state index is 0.00611. The van der Waals surface area contributed by atoms with E-state index in [1.54, 1.807) is 37.3 Å². The van der Waals surface area contributed by atoms with Crippen LogP contribution in [-0.4, -0.2) is 50.0 Å². The van der Waals surface area contributed by atoms with Gasteiger partial charge in [-0.3, -0.25) is 13.9 Å². The summed E-state index contributed by atoms with van der Waals surface area (Å²) >= 11 is 18.7. The van der Waals surface area contributed by atoms with Crippen molar-refractivity contribution in [2.75, 3.05) is 17.1 Å². The molecule has 192 valence electrons.